The summed E-state index contributed by atoms with van der Waals surface area (Å²) < 4.78 is 5.20. The van der Waals surface area contributed by atoms with E-state index in [-0.39, 0.29) is 6.10 Å². The normalized spacial score (nSPS) is 28.9. The summed E-state index contributed by atoms with van der Waals surface area (Å²) in [5.41, 5.74) is 0. The largest absolute Gasteiger partial charge is 0.389 e. The highest BCUT2D eigenvalue weighted by Gasteiger charge is 2.17. The Hall–Kier alpha value is -0.120. The second kappa shape index (κ2) is 4.04. The molecule has 1 rings (SSSR count). The first-order chi connectivity index (χ1) is 5.20. The van der Waals surface area contributed by atoms with Crippen molar-refractivity contribution >= 4 is 0 Å². The Balaban J connectivity index is 2.39. The molecule has 66 valence electrons. The highest BCUT2D eigenvalue weighted by molar-refractivity contribution is 4.70. The van der Waals surface area contributed by atoms with Crippen molar-refractivity contribution < 1.29 is 9.84 Å². The Morgan fingerprint density at radius 3 is 2.91 bits per heavy atom. The van der Waals surface area contributed by atoms with E-state index in [1.807, 2.05) is 0 Å². The van der Waals surface area contributed by atoms with Crippen LogP contribution < -0.4 is 0 Å². The first-order valence-corrected chi connectivity index (χ1v) is 4.20. The van der Waals surface area contributed by atoms with Crippen LogP contribution >= 0.6 is 0 Å². The number of hydrogen-bond donors (Lipinski definition) is 1. The molecule has 11 heavy (non-hydrogen) atoms. The van der Waals surface area contributed by atoms with Crippen molar-refractivity contribution in [2.75, 3.05) is 26.3 Å². The van der Waals surface area contributed by atoms with E-state index in [1.54, 1.807) is 0 Å². The first kappa shape index (κ1) is 8.97. The molecular weight excluding hydrogens is 142 g/mol. The average Bonchev–Trinajstić information content (AvgIpc) is 2.13. The minimum absolute atomic E-state index is 0.306. The van der Waals surface area contributed by atoms with E-state index in [0.29, 0.717) is 12.6 Å². The van der Waals surface area contributed by atoms with Gasteiger partial charge >= 0.3 is 0 Å². The second-order valence-corrected chi connectivity index (χ2v) is 3.32. The fourth-order valence-corrected chi connectivity index (χ4v) is 1.28. The summed E-state index contributed by atoms with van der Waals surface area (Å²) in [4.78, 5) is 2.23. The maximum Gasteiger partial charge on any atom is 0.0900 e. The zero-order valence-electron chi connectivity index (χ0n) is 7.29. The third-order valence-corrected chi connectivity index (χ3v) is 2.01. The fraction of sp³-hybridized carbons (Fsp3) is 1.00. The standard InChI is InChI=1S/C8H17NO2/c1-7(2)9-3-4-11-6-8(10)5-9/h7-8,10H,3-6H2,1-2H3/t8-/m1/s1. The van der Waals surface area contributed by atoms with Gasteiger partial charge in [0.1, 0.15) is 0 Å². The molecule has 1 fully saturated rings. The van der Waals surface area contributed by atoms with E-state index < -0.39 is 0 Å². The molecule has 0 aromatic carbocycles. The SMILES string of the molecule is CC(C)N1CCOC[C@H](O)C1. The van der Waals surface area contributed by atoms with Gasteiger partial charge in [-0.2, -0.15) is 0 Å². The molecule has 0 amide bonds. The lowest BCUT2D eigenvalue weighted by atomic mass is 10.3. The van der Waals surface area contributed by atoms with Gasteiger partial charge < -0.3 is 9.84 Å². The zero-order valence-corrected chi connectivity index (χ0v) is 7.29. The molecule has 1 N–H and O–H groups in total. The topological polar surface area (TPSA) is 32.7 Å². The molecule has 0 spiro atoms. The highest BCUT2D eigenvalue weighted by Crippen LogP contribution is 2.03. The van der Waals surface area contributed by atoms with Crippen LogP contribution in [-0.4, -0.2) is 48.5 Å². The Morgan fingerprint density at radius 1 is 1.55 bits per heavy atom. The Bertz CT molecular complexity index is 117. The van der Waals surface area contributed by atoms with E-state index >= 15 is 0 Å². The van der Waals surface area contributed by atoms with E-state index in [9.17, 15) is 5.11 Å². The van der Waals surface area contributed by atoms with Gasteiger partial charge in [0.05, 0.1) is 19.3 Å². The Kier molecular flexibility index (Phi) is 3.30. The summed E-state index contributed by atoms with van der Waals surface area (Å²) in [6.07, 6.45) is -0.306. The van der Waals surface area contributed by atoms with Gasteiger partial charge in [-0.1, -0.05) is 0 Å². The van der Waals surface area contributed by atoms with Crippen molar-refractivity contribution in [3.63, 3.8) is 0 Å². The summed E-state index contributed by atoms with van der Waals surface area (Å²) in [5.74, 6) is 0. The number of rotatable bonds is 1. The maximum atomic E-state index is 9.34. The van der Waals surface area contributed by atoms with Crippen molar-refractivity contribution in [2.45, 2.75) is 26.0 Å². The van der Waals surface area contributed by atoms with Gasteiger partial charge in [-0.05, 0) is 13.8 Å². The van der Waals surface area contributed by atoms with Crippen LogP contribution in [0.5, 0.6) is 0 Å². The lowest BCUT2D eigenvalue weighted by molar-refractivity contribution is 0.0552. The summed E-state index contributed by atoms with van der Waals surface area (Å²) in [5, 5.41) is 9.34. The summed E-state index contributed by atoms with van der Waals surface area (Å²) in [7, 11) is 0. The van der Waals surface area contributed by atoms with E-state index in [0.717, 1.165) is 19.7 Å². The number of aliphatic hydroxyl groups is 1. The van der Waals surface area contributed by atoms with Gasteiger partial charge in [0.25, 0.3) is 0 Å². The first-order valence-electron chi connectivity index (χ1n) is 4.20. The molecule has 1 heterocycles. The van der Waals surface area contributed by atoms with Gasteiger partial charge in [-0.3, -0.25) is 4.90 Å². The summed E-state index contributed by atoms with van der Waals surface area (Å²) in [6.45, 7) is 7.20. The molecule has 3 nitrogen and oxygen atoms in total. The molecule has 1 aliphatic rings. The number of aliphatic hydroxyl groups excluding tert-OH is 1. The quantitative estimate of drug-likeness (QED) is 0.588. The predicted octanol–water partition coefficient (Wildman–Crippen LogP) is 0.0879. The highest BCUT2D eigenvalue weighted by atomic mass is 16.5. The van der Waals surface area contributed by atoms with Crippen LogP contribution in [0.1, 0.15) is 13.8 Å². The van der Waals surface area contributed by atoms with Crippen LogP contribution in [0.3, 0.4) is 0 Å². The molecule has 0 radical (unpaired) electrons. The molecule has 1 atom stereocenters. The number of hydrogen-bond acceptors (Lipinski definition) is 3. The van der Waals surface area contributed by atoms with Crippen molar-refractivity contribution in [3.8, 4) is 0 Å². The lowest BCUT2D eigenvalue weighted by Crippen LogP contribution is -2.37. The molecule has 0 saturated carbocycles. The minimum Gasteiger partial charge on any atom is -0.389 e. The molecule has 1 saturated heterocycles. The van der Waals surface area contributed by atoms with E-state index in [4.69, 9.17) is 4.74 Å². The van der Waals surface area contributed by atoms with Crippen molar-refractivity contribution in [1.29, 1.82) is 0 Å². The molecule has 0 unspecified atom stereocenters. The van der Waals surface area contributed by atoms with E-state index in [2.05, 4.69) is 18.7 Å². The predicted molar refractivity (Wildman–Crippen MR) is 43.5 cm³/mol. The third-order valence-electron chi connectivity index (χ3n) is 2.01. The van der Waals surface area contributed by atoms with Crippen LogP contribution in [0.4, 0.5) is 0 Å². The van der Waals surface area contributed by atoms with Crippen LogP contribution in [0.25, 0.3) is 0 Å². The van der Waals surface area contributed by atoms with Crippen LogP contribution in [-0.2, 0) is 4.74 Å². The minimum atomic E-state index is -0.306. The number of β-amino-alcohol motifs (C(OH)–C–C–N with tert-alkyl or cyclic N) is 1. The molecule has 0 aliphatic carbocycles. The van der Waals surface area contributed by atoms with Crippen LogP contribution in [0.2, 0.25) is 0 Å². The van der Waals surface area contributed by atoms with Crippen molar-refractivity contribution in [2.24, 2.45) is 0 Å². The Morgan fingerprint density at radius 2 is 2.27 bits per heavy atom. The molecule has 0 bridgehead atoms. The van der Waals surface area contributed by atoms with Crippen LogP contribution in [0, 0.1) is 0 Å². The number of ether oxygens (including phenoxy) is 1. The summed E-state index contributed by atoms with van der Waals surface area (Å²) >= 11 is 0. The third kappa shape index (κ3) is 2.77. The van der Waals surface area contributed by atoms with Gasteiger partial charge in [-0.15, -0.1) is 0 Å². The van der Waals surface area contributed by atoms with Crippen molar-refractivity contribution in [1.82, 2.24) is 4.90 Å². The van der Waals surface area contributed by atoms with Gasteiger partial charge in [0, 0.05) is 19.1 Å². The molecule has 3 heteroatoms. The molecule has 0 aromatic heterocycles. The second-order valence-electron chi connectivity index (χ2n) is 3.32. The molecule has 0 aromatic rings. The van der Waals surface area contributed by atoms with Gasteiger partial charge in [-0.25, -0.2) is 0 Å². The zero-order chi connectivity index (χ0) is 8.27. The fourth-order valence-electron chi connectivity index (χ4n) is 1.28. The lowest BCUT2D eigenvalue weighted by Gasteiger charge is -2.24. The van der Waals surface area contributed by atoms with Gasteiger partial charge in [0.15, 0.2) is 0 Å². The number of nitrogens with zero attached hydrogens (tertiary/aromatic N) is 1. The maximum absolute atomic E-state index is 9.34. The Labute approximate surface area is 68.0 Å². The monoisotopic (exact) mass is 159 g/mol. The average molecular weight is 159 g/mol. The molecule has 1 aliphatic heterocycles. The van der Waals surface area contributed by atoms with Gasteiger partial charge in [0.2, 0.25) is 0 Å². The van der Waals surface area contributed by atoms with Crippen molar-refractivity contribution in [3.05, 3.63) is 0 Å². The summed E-state index contributed by atoms with van der Waals surface area (Å²) in [6, 6.07) is 0.506. The van der Waals surface area contributed by atoms with Crippen LogP contribution in [0.15, 0.2) is 0 Å². The van der Waals surface area contributed by atoms with E-state index in [1.165, 1.54) is 0 Å². The molecular formula is C8H17NO2. The smallest absolute Gasteiger partial charge is 0.0900 e.